The summed E-state index contributed by atoms with van der Waals surface area (Å²) in [4.78, 5) is 12.2. The van der Waals surface area contributed by atoms with Crippen molar-refractivity contribution in [3.8, 4) is 17.5 Å². The number of halogens is 1. The molecule has 0 saturated heterocycles. The first-order valence-corrected chi connectivity index (χ1v) is 7.76. The predicted octanol–water partition coefficient (Wildman–Crippen LogP) is 3.26. The molecule has 0 amide bonds. The highest BCUT2D eigenvalue weighted by atomic mass is 35.5. The van der Waals surface area contributed by atoms with E-state index in [4.69, 9.17) is 26.8 Å². The fourth-order valence-corrected chi connectivity index (χ4v) is 3.00. The summed E-state index contributed by atoms with van der Waals surface area (Å²) in [6, 6.07) is 5.60. The largest absolute Gasteiger partial charge is 0.495 e. The van der Waals surface area contributed by atoms with Crippen LogP contribution in [0.15, 0.2) is 18.3 Å². The number of methoxy groups -OCH3 is 2. The summed E-state index contributed by atoms with van der Waals surface area (Å²) in [7, 11) is 2.79. The summed E-state index contributed by atoms with van der Waals surface area (Å²) in [5, 5.41) is 9.76. The molecule has 0 spiro atoms. The zero-order valence-electron chi connectivity index (χ0n) is 13.3. The molecule has 0 aliphatic heterocycles. The summed E-state index contributed by atoms with van der Waals surface area (Å²) >= 11 is 6.25. The first-order valence-electron chi connectivity index (χ1n) is 7.38. The second-order valence-electron chi connectivity index (χ2n) is 5.60. The maximum atomic E-state index is 12.2. The van der Waals surface area contributed by atoms with Crippen LogP contribution in [0.3, 0.4) is 0 Å². The standard InChI is InChI=1S/C17H16ClN3O3/c1-23-14-6-13(11(5-12(14)18)9-3-4-9)21-8-10(7-19)15(20)16(21)17(22)24-2/h5-6,8-9H,3-4,20H2,1-2H3. The van der Waals surface area contributed by atoms with Crippen molar-refractivity contribution in [3.05, 3.63) is 40.2 Å². The van der Waals surface area contributed by atoms with Gasteiger partial charge in [0, 0.05) is 12.3 Å². The van der Waals surface area contributed by atoms with Gasteiger partial charge in [-0.15, -0.1) is 0 Å². The summed E-state index contributed by atoms with van der Waals surface area (Å²) < 4.78 is 11.7. The first-order chi connectivity index (χ1) is 11.5. The van der Waals surface area contributed by atoms with Gasteiger partial charge in [-0.25, -0.2) is 4.79 Å². The summed E-state index contributed by atoms with van der Waals surface area (Å²) in [6.07, 6.45) is 3.63. The van der Waals surface area contributed by atoms with Gasteiger partial charge < -0.3 is 19.8 Å². The van der Waals surface area contributed by atoms with E-state index in [-0.39, 0.29) is 16.9 Å². The Bertz CT molecular complexity index is 863. The monoisotopic (exact) mass is 345 g/mol. The van der Waals surface area contributed by atoms with E-state index in [9.17, 15) is 10.1 Å². The Balaban J connectivity index is 2.29. The van der Waals surface area contributed by atoms with Crippen molar-refractivity contribution in [1.29, 1.82) is 5.26 Å². The van der Waals surface area contributed by atoms with Crippen molar-refractivity contribution in [2.24, 2.45) is 0 Å². The van der Waals surface area contributed by atoms with Crippen molar-refractivity contribution in [1.82, 2.24) is 4.57 Å². The van der Waals surface area contributed by atoms with Gasteiger partial charge in [0.15, 0.2) is 5.69 Å². The predicted molar refractivity (Wildman–Crippen MR) is 89.8 cm³/mol. The summed E-state index contributed by atoms with van der Waals surface area (Å²) in [6.45, 7) is 0. The number of esters is 1. The van der Waals surface area contributed by atoms with Crippen molar-refractivity contribution < 1.29 is 14.3 Å². The number of ether oxygens (including phenoxy) is 2. The topological polar surface area (TPSA) is 90.3 Å². The minimum atomic E-state index is -0.607. The third-order valence-corrected chi connectivity index (χ3v) is 4.42. The lowest BCUT2D eigenvalue weighted by molar-refractivity contribution is 0.0593. The number of carbonyl (C=O) groups is 1. The minimum Gasteiger partial charge on any atom is -0.495 e. The first kappa shape index (κ1) is 16.2. The van der Waals surface area contributed by atoms with Crippen molar-refractivity contribution in [2.75, 3.05) is 20.0 Å². The number of nitriles is 1. The van der Waals surface area contributed by atoms with Crippen LogP contribution in [0.1, 0.15) is 40.4 Å². The molecule has 3 rings (SSSR count). The molecule has 6 nitrogen and oxygen atoms in total. The van der Waals surface area contributed by atoms with E-state index in [0.717, 1.165) is 18.4 Å². The Labute approximate surface area is 144 Å². The molecule has 0 bridgehead atoms. The molecule has 7 heteroatoms. The molecule has 1 heterocycles. The molecule has 1 aromatic carbocycles. The van der Waals surface area contributed by atoms with Crippen LogP contribution in [0.5, 0.6) is 5.75 Å². The number of carbonyl (C=O) groups excluding carboxylic acids is 1. The van der Waals surface area contributed by atoms with Crippen LogP contribution in [0.25, 0.3) is 5.69 Å². The number of rotatable bonds is 4. The Morgan fingerprint density at radius 2 is 2.12 bits per heavy atom. The van der Waals surface area contributed by atoms with Crippen LogP contribution in [-0.4, -0.2) is 24.8 Å². The Morgan fingerprint density at radius 3 is 2.67 bits per heavy atom. The molecule has 0 unspecified atom stereocenters. The van der Waals surface area contributed by atoms with Crippen LogP contribution in [0.2, 0.25) is 5.02 Å². The zero-order chi connectivity index (χ0) is 17.4. The highest BCUT2D eigenvalue weighted by Gasteiger charge is 2.30. The average molecular weight is 346 g/mol. The molecule has 124 valence electrons. The van der Waals surface area contributed by atoms with E-state index in [1.807, 2.05) is 12.1 Å². The molecule has 1 aliphatic rings. The fourth-order valence-electron chi connectivity index (χ4n) is 2.75. The van der Waals surface area contributed by atoms with E-state index in [0.29, 0.717) is 22.4 Å². The third kappa shape index (κ3) is 2.57. The van der Waals surface area contributed by atoms with Crippen LogP contribution in [-0.2, 0) is 4.74 Å². The number of nitrogen functional groups attached to an aromatic ring is 1. The number of aromatic nitrogens is 1. The molecule has 1 aliphatic carbocycles. The number of nitrogens with two attached hydrogens (primary N) is 1. The van der Waals surface area contributed by atoms with Gasteiger partial charge in [0.1, 0.15) is 11.8 Å². The smallest absolute Gasteiger partial charge is 0.357 e. The van der Waals surface area contributed by atoms with Crippen LogP contribution in [0.4, 0.5) is 5.69 Å². The second-order valence-corrected chi connectivity index (χ2v) is 6.01. The van der Waals surface area contributed by atoms with Gasteiger partial charge in [0.2, 0.25) is 0 Å². The van der Waals surface area contributed by atoms with Gasteiger partial charge in [-0.2, -0.15) is 5.26 Å². The lowest BCUT2D eigenvalue weighted by Crippen LogP contribution is -2.12. The number of anilines is 1. The highest BCUT2D eigenvalue weighted by molar-refractivity contribution is 6.32. The SMILES string of the molecule is COC(=O)c1c(N)c(C#N)cn1-c1cc(OC)c(Cl)cc1C1CC1. The number of nitrogens with zero attached hydrogens (tertiary/aromatic N) is 2. The average Bonchev–Trinajstić information content (AvgIpc) is 3.37. The molecule has 2 aromatic rings. The molecule has 1 fully saturated rings. The molecule has 24 heavy (non-hydrogen) atoms. The highest BCUT2D eigenvalue weighted by Crippen LogP contribution is 2.46. The van der Waals surface area contributed by atoms with Gasteiger partial charge in [0.05, 0.1) is 36.2 Å². The van der Waals surface area contributed by atoms with Crippen LogP contribution >= 0.6 is 11.6 Å². The Morgan fingerprint density at radius 1 is 1.42 bits per heavy atom. The lowest BCUT2D eigenvalue weighted by Gasteiger charge is -2.16. The number of hydrogen-bond donors (Lipinski definition) is 1. The van der Waals surface area contributed by atoms with E-state index < -0.39 is 5.97 Å². The van der Waals surface area contributed by atoms with E-state index in [2.05, 4.69) is 0 Å². The quantitative estimate of drug-likeness (QED) is 0.859. The Kier molecular flexibility index (Phi) is 4.12. The molecule has 2 N–H and O–H groups in total. The van der Waals surface area contributed by atoms with Crippen molar-refractivity contribution in [3.63, 3.8) is 0 Å². The summed E-state index contributed by atoms with van der Waals surface area (Å²) in [5.74, 6) is 0.241. The second kappa shape index (κ2) is 6.10. The normalized spacial score (nSPS) is 13.4. The lowest BCUT2D eigenvalue weighted by atomic mass is 10.1. The zero-order valence-corrected chi connectivity index (χ0v) is 14.1. The van der Waals surface area contributed by atoms with Crippen LogP contribution < -0.4 is 10.5 Å². The summed E-state index contributed by atoms with van der Waals surface area (Å²) in [5.41, 5.74) is 8.11. The van der Waals surface area contributed by atoms with E-state index >= 15 is 0 Å². The molecule has 0 atom stereocenters. The van der Waals surface area contributed by atoms with E-state index in [1.54, 1.807) is 10.6 Å². The van der Waals surface area contributed by atoms with Gasteiger partial charge in [-0.3, -0.25) is 0 Å². The maximum absolute atomic E-state index is 12.2. The molecule has 1 aromatic heterocycles. The van der Waals surface area contributed by atoms with Gasteiger partial charge in [-0.1, -0.05) is 11.6 Å². The number of hydrogen-bond acceptors (Lipinski definition) is 5. The third-order valence-electron chi connectivity index (χ3n) is 4.12. The molecular formula is C17H16ClN3O3. The van der Waals surface area contributed by atoms with Gasteiger partial charge in [0.25, 0.3) is 0 Å². The molecule has 0 radical (unpaired) electrons. The van der Waals surface area contributed by atoms with E-state index in [1.165, 1.54) is 20.4 Å². The van der Waals surface area contributed by atoms with Gasteiger partial charge >= 0.3 is 5.97 Å². The maximum Gasteiger partial charge on any atom is 0.357 e. The van der Waals surface area contributed by atoms with Gasteiger partial charge in [-0.05, 0) is 30.4 Å². The van der Waals surface area contributed by atoms with Crippen LogP contribution in [0, 0.1) is 11.3 Å². The molecule has 1 saturated carbocycles. The number of benzene rings is 1. The molecular weight excluding hydrogens is 330 g/mol. The van der Waals surface area contributed by atoms with Crippen molar-refractivity contribution >= 4 is 23.3 Å². The fraction of sp³-hybridized carbons (Fsp3) is 0.294. The minimum absolute atomic E-state index is 0.0972. The van der Waals surface area contributed by atoms with Crippen molar-refractivity contribution in [2.45, 2.75) is 18.8 Å². The Hall–Kier alpha value is -2.65.